The maximum atomic E-state index is 11.0. The molecule has 0 aliphatic carbocycles. The molecule has 7 nitrogen and oxygen atoms in total. The Labute approximate surface area is 120 Å². The smallest absolute Gasteiger partial charge is 0.317 e. The molecular weight excluding hydrogens is 274 g/mol. The van der Waals surface area contributed by atoms with Crippen molar-refractivity contribution in [3.63, 3.8) is 0 Å². The van der Waals surface area contributed by atoms with Crippen LogP contribution in [0.1, 0.15) is 5.69 Å². The van der Waals surface area contributed by atoms with Gasteiger partial charge in [0.25, 0.3) is 0 Å². The van der Waals surface area contributed by atoms with Crippen molar-refractivity contribution in [2.45, 2.75) is 6.54 Å². The van der Waals surface area contributed by atoms with Gasteiger partial charge >= 0.3 is 5.97 Å². The van der Waals surface area contributed by atoms with Crippen LogP contribution in [-0.2, 0) is 16.1 Å². The number of nitrogens with two attached hydrogens (primary N) is 1. The number of nitrogens with zero attached hydrogens (tertiary/aromatic N) is 2. The maximum absolute atomic E-state index is 11.0. The van der Waals surface area contributed by atoms with Crippen LogP contribution >= 0.6 is 0 Å². The third-order valence-corrected chi connectivity index (χ3v) is 2.74. The number of carbonyl (C=O) groups excluding carboxylic acids is 1. The summed E-state index contributed by atoms with van der Waals surface area (Å²) in [5.74, 6) is -1.05. The Balaban J connectivity index is 2.09. The number of hydrogen-bond donors (Lipinski definition) is 2. The highest BCUT2D eigenvalue weighted by Crippen LogP contribution is 2.20. The zero-order chi connectivity index (χ0) is 15.2. The third-order valence-electron chi connectivity index (χ3n) is 2.74. The summed E-state index contributed by atoms with van der Waals surface area (Å²) in [6.45, 7) is -0.276. The normalized spacial score (nSPS) is 10.7. The highest BCUT2D eigenvalue weighted by molar-refractivity contribution is 5.77. The van der Waals surface area contributed by atoms with E-state index in [0.717, 1.165) is 5.56 Å². The van der Waals surface area contributed by atoms with Crippen molar-refractivity contribution in [1.82, 2.24) is 10.1 Å². The Morgan fingerprint density at radius 1 is 1.24 bits per heavy atom. The van der Waals surface area contributed by atoms with E-state index in [2.05, 4.69) is 5.16 Å². The predicted octanol–water partition coefficient (Wildman–Crippen LogP) is 0.713. The van der Waals surface area contributed by atoms with Gasteiger partial charge in [-0.15, -0.1) is 0 Å². The van der Waals surface area contributed by atoms with Gasteiger partial charge in [-0.3, -0.25) is 14.5 Å². The second-order valence-electron chi connectivity index (χ2n) is 4.55. The van der Waals surface area contributed by atoms with Crippen LogP contribution < -0.4 is 5.73 Å². The molecule has 2 aromatic rings. The third kappa shape index (κ3) is 4.43. The first-order valence-electron chi connectivity index (χ1n) is 6.28. The van der Waals surface area contributed by atoms with Crippen LogP contribution in [0.2, 0.25) is 0 Å². The van der Waals surface area contributed by atoms with Crippen LogP contribution in [-0.4, -0.2) is 40.1 Å². The Morgan fingerprint density at radius 3 is 2.57 bits per heavy atom. The van der Waals surface area contributed by atoms with E-state index in [-0.39, 0.29) is 19.6 Å². The Hall–Kier alpha value is -2.67. The lowest BCUT2D eigenvalue weighted by atomic mass is 10.1. The van der Waals surface area contributed by atoms with Crippen LogP contribution in [0.4, 0.5) is 0 Å². The lowest BCUT2D eigenvalue weighted by molar-refractivity contribution is -0.138. The lowest BCUT2D eigenvalue weighted by Crippen LogP contribution is -2.36. The van der Waals surface area contributed by atoms with Crippen LogP contribution in [0.25, 0.3) is 11.3 Å². The molecule has 21 heavy (non-hydrogen) atoms. The van der Waals surface area contributed by atoms with Gasteiger partial charge < -0.3 is 15.4 Å². The van der Waals surface area contributed by atoms with Gasteiger partial charge in [-0.1, -0.05) is 35.5 Å². The summed E-state index contributed by atoms with van der Waals surface area (Å²) in [6, 6.07) is 11.1. The molecule has 1 aromatic carbocycles. The maximum Gasteiger partial charge on any atom is 0.317 e. The van der Waals surface area contributed by atoms with Crippen molar-refractivity contribution < 1.29 is 19.2 Å². The zero-order valence-corrected chi connectivity index (χ0v) is 11.2. The number of carbonyl (C=O) groups is 2. The van der Waals surface area contributed by atoms with Crippen LogP contribution in [0.5, 0.6) is 0 Å². The number of rotatable bonds is 7. The average Bonchev–Trinajstić information content (AvgIpc) is 2.86. The van der Waals surface area contributed by atoms with Gasteiger partial charge in [0.05, 0.1) is 18.8 Å². The molecule has 0 atom stereocenters. The number of amides is 1. The molecule has 0 radical (unpaired) electrons. The first kappa shape index (κ1) is 14.7. The minimum Gasteiger partial charge on any atom is -0.480 e. The molecule has 110 valence electrons. The largest absolute Gasteiger partial charge is 0.480 e. The van der Waals surface area contributed by atoms with Gasteiger partial charge in [0.1, 0.15) is 0 Å². The number of hydrogen-bond acceptors (Lipinski definition) is 5. The number of carboxylic acids is 1. The fraction of sp³-hybridized carbons (Fsp3) is 0.214. The van der Waals surface area contributed by atoms with E-state index in [4.69, 9.17) is 15.4 Å². The summed E-state index contributed by atoms with van der Waals surface area (Å²) in [5.41, 5.74) is 6.51. The van der Waals surface area contributed by atoms with Crippen molar-refractivity contribution in [3.05, 3.63) is 42.1 Å². The van der Waals surface area contributed by atoms with Crippen molar-refractivity contribution in [3.8, 4) is 11.3 Å². The molecule has 0 spiro atoms. The van der Waals surface area contributed by atoms with Gasteiger partial charge in [0, 0.05) is 18.2 Å². The van der Waals surface area contributed by atoms with Crippen LogP contribution in [0.15, 0.2) is 40.9 Å². The van der Waals surface area contributed by atoms with E-state index < -0.39 is 11.9 Å². The molecule has 1 aromatic heterocycles. The van der Waals surface area contributed by atoms with Crippen molar-refractivity contribution in [2.24, 2.45) is 5.73 Å². The van der Waals surface area contributed by atoms with Crippen LogP contribution in [0.3, 0.4) is 0 Å². The number of aliphatic carboxylic acids is 1. The molecule has 7 heteroatoms. The minimum atomic E-state index is -1.04. The topological polar surface area (TPSA) is 110 Å². The van der Waals surface area contributed by atoms with E-state index in [9.17, 15) is 9.59 Å². The van der Waals surface area contributed by atoms with E-state index in [0.29, 0.717) is 11.5 Å². The molecule has 0 unspecified atom stereocenters. The molecule has 0 aliphatic rings. The second kappa shape index (κ2) is 6.67. The number of aromatic nitrogens is 1. The molecule has 1 heterocycles. The number of primary amides is 1. The van der Waals surface area contributed by atoms with Gasteiger partial charge in [0.15, 0.2) is 5.76 Å². The summed E-state index contributed by atoms with van der Waals surface area (Å²) in [7, 11) is 0. The highest BCUT2D eigenvalue weighted by atomic mass is 16.5. The van der Waals surface area contributed by atoms with E-state index in [1.165, 1.54) is 4.90 Å². The van der Waals surface area contributed by atoms with E-state index in [1.807, 2.05) is 30.3 Å². The minimum absolute atomic E-state index is 0.153. The highest BCUT2D eigenvalue weighted by Gasteiger charge is 2.15. The quantitative estimate of drug-likeness (QED) is 0.777. The van der Waals surface area contributed by atoms with Gasteiger partial charge in [-0.05, 0) is 0 Å². The second-order valence-corrected chi connectivity index (χ2v) is 4.55. The van der Waals surface area contributed by atoms with Crippen LogP contribution in [0, 0.1) is 0 Å². The van der Waals surface area contributed by atoms with Crippen molar-refractivity contribution in [2.75, 3.05) is 13.1 Å². The van der Waals surface area contributed by atoms with Crippen molar-refractivity contribution >= 4 is 11.9 Å². The molecular formula is C14H15N3O4. The van der Waals surface area contributed by atoms with E-state index in [1.54, 1.807) is 6.07 Å². The standard InChI is InChI=1S/C14H15N3O4/c15-13(18)8-17(9-14(19)20)7-11-6-12(21-16-11)10-4-2-1-3-5-10/h1-6H,7-9H2,(H2,15,18)(H,19,20). The molecule has 1 amide bonds. The monoisotopic (exact) mass is 289 g/mol. The van der Waals surface area contributed by atoms with Crippen molar-refractivity contribution in [1.29, 1.82) is 0 Å². The molecule has 0 fully saturated rings. The molecule has 0 bridgehead atoms. The fourth-order valence-electron chi connectivity index (χ4n) is 1.93. The summed E-state index contributed by atoms with van der Waals surface area (Å²) >= 11 is 0. The zero-order valence-electron chi connectivity index (χ0n) is 11.2. The fourth-order valence-corrected chi connectivity index (χ4v) is 1.93. The number of carboxylic acid groups (broad SMARTS) is 1. The molecule has 0 saturated carbocycles. The Morgan fingerprint density at radius 2 is 1.95 bits per heavy atom. The number of benzene rings is 1. The van der Waals surface area contributed by atoms with Gasteiger partial charge in [0.2, 0.25) is 5.91 Å². The molecule has 0 aliphatic heterocycles. The molecule has 0 saturated heterocycles. The SMILES string of the molecule is NC(=O)CN(CC(=O)O)Cc1cc(-c2ccccc2)on1. The first-order chi connectivity index (χ1) is 10.0. The first-order valence-corrected chi connectivity index (χ1v) is 6.28. The molecule has 2 rings (SSSR count). The lowest BCUT2D eigenvalue weighted by Gasteiger charge is -2.16. The summed E-state index contributed by atoms with van der Waals surface area (Å²) in [5, 5.41) is 12.7. The predicted molar refractivity (Wildman–Crippen MR) is 74.0 cm³/mol. The summed E-state index contributed by atoms with van der Waals surface area (Å²) < 4.78 is 5.22. The van der Waals surface area contributed by atoms with Gasteiger partial charge in [-0.2, -0.15) is 0 Å². The Kier molecular flexibility index (Phi) is 4.68. The van der Waals surface area contributed by atoms with Gasteiger partial charge in [-0.25, -0.2) is 0 Å². The van der Waals surface area contributed by atoms with E-state index >= 15 is 0 Å². The average molecular weight is 289 g/mol. The summed E-state index contributed by atoms with van der Waals surface area (Å²) in [6.07, 6.45) is 0. The Bertz CT molecular complexity index is 608. The molecule has 3 N–H and O–H groups in total. The summed E-state index contributed by atoms with van der Waals surface area (Å²) in [4.78, 5) is 23.1.